The average Bonchev–Trinajstić information content (AvgIpc) is 3.38. The van der Waals surface area contributed by atoms with Crippen molar-refractivity contribution in [1.29, 1.82) is 0 Å². The highest BCUT2D eigenvalue weighted by Crippen LogP contribution is 2.22. The van der Waals surface area contributed by atoms with Gasteiger partial charge in [-0.2, -0.15) is 4.31 Å². The van der Waals surface area contributed by atoms with Gasteiger partial charge in [0.1, 0.15) is 6.61 Å². The molecule has 0 unspecified atom stereocenters. The first-order chi connectivity index (χ1) is 13.4. The Hall–Kier alpha value is -2.56. The van der Waals surface area contributed by atoms with Crippen molar-refractivity contribution in [2.24, 2.45) is 0 Å². The van der Waals surface area contributed by atoms with E-state index < -0.39 is 16.0 Å². The standard InChI is InChI=1S/C18H17N3O5S2/c22-16-11-14(19-18-21(16)8-9-27-18)12-26-17(23)13-4-3-5-15(10-13)28(24,25)20-6-1-2-7-20/h3-5,8-11H,1-2,6-7,12H2. The summed E-state index contributed by atoms with van der Waals surface area (Å²) in [5.74, 6) is -0.674. The summed E-state index contributed by atoms with van der Waals surface area (Å²) in [4.78, 5) is 29.2. The van der Waals surface area contributed by atoms with Gasteiger partial charge in [-0.3, -0.25) is 9.20 Å². The number of thiazole rings is 1. The molecular weight excluding hydrogens is 402 g/mol. The maximum atomic E-state index is 12.7. The van der Waals surface area contributed by atoms with Crippen LogP contribution < -0.4 is 5.56 Å². The smallest absolute Gasteiger partial charge is 0.338 e. The Labute approximate surface area is 165 Å². The molecular formula is C18H17N3O5S2. The van der Waals surface area contributed by atoms with Crippen LogP contribution in [0.4, 0.5) is 0 Å². The van der Waals surface area contributed by atoms with Crippen molar-refractivity contribution >= 4 is 32.3 Å². The number of carbonyl (C=O) groups excluding carboxylic acids is 1. The molecule has 146 valence electrons. The van der Waals surface area contributed by atoms with Crippen LogP contribution in [0.3, 0.4) is 0 Å². The van der Waals surface area contributed by atoms with E-state index in [2.05, 4.69) is 4.98 Å². The number of carbonyl (C=O) groups is 1. The molecule has 4 rings (SSSR count). The first kappa shape index (κ1) is 18.8. The Balaban J connectivity index is 1.51. The lowest BCUT2D eigenvalue weighted by atomic mass is 10.2. The summed E-state index contributed by atoms with van der Waals surface area (Å²) in [6, 6.07) is 7.11. The molecule has 1 aliphatic heterocycles. The lowest BCUT2D eigenvalue weighted by Crippen LogP contribution is -2.28. The lowest BCUT2D eigenvalue weighted by molar-refractivity contribution is 0.0467. The fourth-order valence-electron chi connectivity index (χ4n) is 3.05. The average molecular weight is 419 g/mol. The second kappa shape index (κ2) is 7.46. The zero-order chi connectivity index (χ0) is 19.7. The second-order valence-corrected chi connectivity index (χ2v) is 9.17. The number of ether oxygens (including phenoxy) is 1. The molecule has 0 N–H and O–H groups in total. The van der Waals surface area contributed by atoms with E-state index in [-0.39, 0.29) is 22.6 Å². The SMILES string of the molecule is O=C(OCc1cc(=O)n2ccsc2n1)c1cccc(S(=O)(=O)N2CCCC2)c1. The summed E-state index contributed by atoms with van der Waals surface area (Å²) in [5.41, 5.74) is 0.215. The second-order valence-electron chi connectivity index (χ2n) is 6.36. The summed E-state index contributed by atoms with van der Waals surface area (Å²) in [5, 5.41) is 1.74. The highest BCUT2D eigenvalue weighted by atomic mass is 32.2. The molecule has 0 aliphatic carbocycles. The van der Waals surface area contributed by atoms with Crippen LogP contribution in [0.2, 0.25) is 0 Å². The van der Waals surface area contributed by atoms with Gasteiger partial charge in [-0.15, -0.1) is 11.3 Å². The van der Waals surface area contributed by atoms with Crippen molar-refractivity contribution < 1.29 is 17.9 Å². The number of sulfonamides is 1. The summed E-state index contributed by atoms with van der Waals surface area (Å²) < 4.78 is 33.4. The van der Waals surface area contributed by atoms with E-state index in [1.54, 1.807) is 11.6 Å². The lowest BCUT2D eigenvalue weighted by Gasteiger charge is -2.15. The molecule has 1 aliphatic rings. The minimum atomic E-state index is -3.61. The number of hydrogen-bond acceptors (Lipinski definition) is 7. The third-order valence-electron chi connectivity index (χ3n) is 4.48. The first-order valence-corrected chi connectivity index (χ1v) is 11.0. The predicted octanol–water partition coefficient (Wildman–Crippen LogP) is 1.90. The van der Waals surface area contributed by atoms with Crippen molar-refractivity contribution in [3.63, 3.8) is 0 Å². The molecule has 0 bridgehead atoms. The fraction of sp³-hybridized carbons (Fsp3) is 0.278. The molecule has 1 saturated heterocycles. The Kier molecular flexibility index (Phi) is 5.00. The van der Waals surface area contributed by atoms with Crippen molar-refractivity contribution in [2.75, 3.05) is 13.1 Å². The Morgan fingerprint density at radius 2 is 2.00 bits per heavy atom. The van der Waals surface area contributed by atoms with Crippen LogP contribution >= 0.6 is 11.3 Å². The van der Waals surface area contributed by atoms with Crippen LogP contribution in [0.1, 0.15) is 28.9 Å². The van der Waals surface area contributed by atoms with Gasteiger partial charge in [0, 0.05) is 30.7 Å². The number of nitrogens with zero attached hydrogens (tertiary/aromatic N) is 3. The molecule has 1 fully saturated rings. The number of benzene rings is 1. The molecule has 0 atom stereocenters. The van der Waals surface area contributed by atoms with Gasteiger partial charge in [0.2, 0.25) is 10.0 Å². The van der Waals surface area contributed by atoms with Crippen LogP contribution in [-0.2, 0) is 21.4 Å². The number of rotatable bonds is 5. The van der Waals surface area contributed by atoms with Crippen LogP contribution in [-0.4, -0.2) is 41.2 Å². The minimum Gasteiger partial charge on any atom is -0.456 e. The van der Waals surface area contributed by atoms with E-state index in [0.29, 0.717) is 23.7 Å². The van der Waals surface area contributed by atoms with Gasteiger partial charge < -0.3 is 4.74 Å². The van der Waals surface area contributed by atoms with Gasteiger partial charge in [-0.1, -0.05) is 6.07 Å². The quantitative estimate of drug-likeness (QED) is 0.586. The molecule has 28 heavy (non-hydrogen) atoms. The normalized spacial score (nSPS) is 15.1. The van der Waals surface area contributed by atoms with E-state index in [1.165, 1.54) is 50.4 Å². The van der Waals surface area contributed by atoms with Gasteiger partial charge in [-0.05, 0) is 31.0 Å². The molecule has 10 heteroatoms. The van der Waals surface area contributed by atoms with E-state index in [9.17, 15) is 18.0 Å². The number of esters is 1. The summed E-state index contributed by atoms with van der Waals surface area (Å²) in [6.07, 6.45) is 3.29. The largest absolute Gasteiger partial charge is 0.456 e. The molecule has 0 spiro atoms. The van der Waals surface area contributed by atoms with Gasteiger partial charge in [0.25, 0.3) is 5.56 Å². The van der Waals surface area contributed by atoms with Gasteiger partial charge >= 0.3 is 5.97 Å². The Morgan fingerprint density at radius 3 is 2.79 bits per heavy atom. The third-order valence-corrected chi connectivity index (χ3v) is 7.13. The maximum absolute atomic E-state index is 12.7. The van der Waals surface area contributed by atoms with E-state index >= 15 is 0 Å². The third kappa shape index (κ3) is 3.58. The van der Waals surface area contributed by atoms with Crippen molar-refractivity contribution in [2.45, 2.75) is 24.3 Å². The van der Waals surface area contributed by atoms with Crippen molar-refractivity contribution in [1.82, 2.24) is 13.7 Å². The highest BCUT2D eigenvalue weighted by Gasteiger charge is 2.27. The molecule has 8 nitrogen and oxygen atoms in total. The maximum Gasteiger partial charge on any atom is 0.338 e. The molecule has 0 saturated carbocycles. The van der Waals surface area contributed by atoms with Crippen LogP contribution in [0.15, 0.2) is 51.6 Å². The van der Waals surface area contributed by atoms with E-state index in [0.717, 1.165) is 12.8 Å². The Bertz CT molecular complexity index is 1190. The van der Waals surface area contributed by atoms with Gasteiger partial charge in [0.15, 0.2) is 4.96 Å². The fourth-order valence-corrected chi connectivity index (χ4v) is 5.35. The van der Waals surface area contributed by atoms with Crippen LogP contribution in [0.25, 0.3) is 4.96 Å². The zero-order valence-electron chi connectivity index (χ0n) is 14.8. The Morgan fingerprint density at radius 1 is 1.21 bits per heavy atom. The van der Waals surface area contributed by atoms with Gasteiger partial charge in [0.05, 0.1) is 16.2 Å². The molecule has 0 radical (unpaired) electrons. The number of hydrogen-bond donors (Lipinski definition) is 0. The molecule has 1 aromatic carbocycles. The molecule has 2 aromatic heterocycles. The number of aromatic nitrogens is 2. The van der Waals surface area contributed by atoms with Gasteiger partial charge in [-0.25, -0.2) is 18.2 Å². The summed E-state index contributed by atoms with van der Waals surface area (Å²) in [7, 11) is -3.61. The van der Waals surface area contributed by atoms with Crippen LogP contribution in [0.5, 0.6) is 0 Å². The topological polar surface area (TPSA) is 98.0 Å². The van der Waals surface area contributed by atoms with E-state index in [1.807, 2.05) is 0 Å². The summed E-state index contributed by atoms with van der Waals surface area (Å²) in [6.45, 7) is 0.804. The van der Waals surface area contributed by atoms with Crippen molar-refractivity contribution in [3.05, 3.63) is 63.5 Å². The van der Waals surface area contributed by atoms with Crippen molar-refractivity contribution in [3.8, 4) is 0 Å². The first-order valence-electron chi connectivity index (χ1n) is 8.68. The monoisotopic (exact) mass is 419 g/mol. The molecule has 3 heterocycles. The number of fused-ring (bicyclic) bond motifs is 1. The molecule has 3 aromatic rings. The highest BCUT2D eigenvalue weighted by molar-refractivity contribution is 7.89. The predicted molar refractivity (Wildman–Crippen MR) is 103 cm³/mol. The minimum absolute atomic E-state index is 0.0697. The van der Waals surface area contributed by atoms with E-state index in [4.69, 9.17) is 4.74 Å². The molecule has 0 amide bonds. The summed E-state index contributed by atoms with van der Waals surface area (Å²) >= 11 is 1.30. The zero-order valence-corrected chi connectivity index (χ0v) is 16.4. The van der Waals surface area contributed by atoms with Crippen LogP contribution in [0, 0.1) is 0 Å².